The summed E-state index contributed by atoms with van der Waals surface area (Å²) in [5.74, 6) is -0.489. The molecule has 0 aromatic rings. The maximum atomic E-state index is 10.1. The van der Waals surface area contributed by atoms with Crippen molar-refractivity contribution in [1.29, 1.82) is 0 Å². The molecule has 1 fully saturated rings. The zero-order valence-corrected chi connectivity index (χ0v) is 4.63. The summed E-state index contributed by atoms with van der Waals surface area (Å²) in [6, 6.07) is 0. The molecule has 0 radical (unpaired) electrons. The first-order valence-corrected chi connectivity index (χ1v) is 2.64. The Morgan fingerprint density at radius 1 is 1.88 bits per heavy atom. The van der Waals surface area contributed by atoms with Crippen LogP contribution in [0.25, 0.3) is 0 Å². The normalized spacial score (nSPS) is 36.0. The first-order valence-electron chi connectivity index (χ1n) is 2.64. The van der Waals surface area contributed by atoms with Crippen molar-refractivity contribution in [3.8, 4) is 0 Å². The lowest BCUT2D eigenvalue weighted by Crippen LogP contribution is -2.49. The summed E-state index contributed by atoms with van der Waals surface area (Å²) < 4.78 is 4.51. The van der Waals surface area contributed by atoms with E-state index in [1.54, 1.807) is 0 Å². The number of hydrogen-bond donors (Lipinski definition) is 1. The number of aliphatic hydroxyl groups excluding tert-OH is 1. The first-order chi connectivity index (χ1) is 3.75. The minimum Gasteiger partial charge on any atom is -0.457 e. The fourth-order valence-electron chi connectivity index (χ4n) is 0.669. The molecule has 0 saturated carbocycles. The molecule has 1 N–H and O–H groups in total. The molecule has 0 aromatic heterocycles. The maximum absolute atomic E-state index is 10.1. The highest BCUT2D eigenvalue weighted by Crippen LogP contribution is 2.16. The minimum atomic E-state index is -0.847. The molecular formula is C5H8O3. The number of carbonyl (C=O) groups excluding carboxylic acids is 1. The van der Waals surface area contributed by atoms with Crippen LogP contribution in [0.15, 0.2) is 0 Å². The quantitative estimate of drug-likeness (QED) is 0.478. The summed E-state index contributed by atoms with van der Waals surface area (Å²) in [4.78, 5) is 10.1. The number of esters is 1. The van der Waals surface area contributed by atoms with E-state index < -0.39 is 12.1 Å². The number of ether oxygens (including phenoxy) is 1. The molecule has 1 aliphatic heterocycles. The number of carbonyl (C=O) groups is 1. The Balaban J connectivity index is 2.35. The van der Waals surface area contributed by atoms with Crippen LogP contribution in [0, 0.1) is 0 Å². The highest BCUT2D eigenvalue weighted by Gasteiger charge is 2.39. The second-order valence-corrected chi connectivity index (χ2v) is 1.83. The van der Waals surface area contributed by atoms with E-state index in [0.717, 1.165) is 0 Å². The predicted molar refractivity (Wildman–Crippen MR) is 26.2 cm³/mol. The van der Waals surface area contributed by atoms with Crippen LogP contribution < -0.4 is 0 Å². The van der Waals surface area contributed by atoms with E-state index >= 15 is 0 Å². The van der Waals surface area contributed by atoms with Gasteiger partial charge < -0.3 is 9.84 Å². The van der Waals surface area contributed by atoms with Gasteiger partial charge in [0.1, 0.15) is 6.10 Å². The van der Waals surface area contributed by atoms with Crippen molar-refractivity contribution in [1.82, 2.24) is 0 Å². The summed E-state index contributed by atoms with van der Waals surface area (Å²) in [6.07, 6.45) is -0.380. The molecule has 46 valence electrons. The third-order valence-corrected chi connectivity index (χ3v) is 1.26. The van der Waals surface area contributed by atoms with Gasteiger partial charge in [-0.1, -0.05) is 6.92 Å². The van der Waals surface area contributed by atoms with Gasteiger partial charge in [-0.15, -0.1) is 0 Å². The Kier molecular flexibility index (Phi) is 1.21. The summed E-state index contributed by atoms with van der Waals surface area (Å²) in [6.45, 7) is 1.86. The van der Waals surface area contributed by atoms with Crippen LogP contribution in [-0.2, 0) is 9.53 Å². The average Bonchev–Trinajstić information content (AvgIpc) is 1.81. The van der Waals surface area contributed by atoms with Crippen molar-refractivity contribution in [2.24, 2.45) is 0 Å². The molecule has 8 heavy (non-hydrogen) atoms. The minimum absolute atomic E-state index is 0.234. The smallest absolute Gasteiger partial charge is 0.339 e. The second kappa shape index (κ2) is 1.74. The van der Waals surface area contributed by atoms with Gasteiger partial charge in [-0.2, -0.15) is 0 Å². The Hall–Kier alpha value is -0.570. The van der Waals surface area contributed by atoms with Crippen LogP contribution in [0.2, 0.25) is 0 Å². The fraction of sp³-hybridized carbons (Fsp3) is 0.800. The van der Waals surface area contributed by atoms with Gasteiger partial charge in [-0.25, -0.2) is 4.79 Å². The third-order valence-electron chi connectivity index (χ3n) is 1.26. The van der Waals surface area contributed by atoms with E-state index in [4.69, 9.17) is 5.11 Å². The number of hydrogen-bond acceptors (Lipinski definition) is 3. The van der Waals surface area contributed by atoms with E-state index in [1.165, 1.54) is 0 Å². The zero-order valence-electron chi connectivity index (χ0n) is 4.63. The van der Waals surface area contributed by atoms with Crippen LogP contribution in [0.1, 0.15) is 13.3 Å². The van der Waals surface area contributed by atoms with Gasteiger partial charge in [0, 0.05) is 0 Å². The molecule has 0 aliphatic carbocycles. The van der Waals surface area contributed by atoms with Gasteiger partial charge in [-0.3, -0.25) is 0 Å². The van der Waals surface area contributed by atoms with Gasteiger partial charge in [0.15, 0.2) is 6.10 Å². The average molecular weight is 116 g/mol. The molecule has 0 aromatic carbocycles. The van der Waals surface area contributed by atoms with Gasteiger partial charge in [0.25, 0.3) is 0 Å². The van der Waals surface area contributed by atoms with Crippen LogP contribution in [0.5, 0.6) is 0 Å². The lowest BCUT2D eigenvalue weighted by atomic mass is 10.1. The molecule has 0 amide bonds. The molecule has 2 unspecified atom stereocenters. The van der Waals surface area contributed by atoms with E-state index in [2.05, 4.69) is 4.74 Å². The van der Waals surface area contributed by atoms with Gasteiger partial charge >= 0.3 is 5.97 Å². The van der Waals surface area contributed by atoms with Crippen molar-refractivity contribution < 1.29 is 14.6 Å². The lowest BCUT2D eigenvalue weighted by Gasteiger charge is -2.29. The van der Waals surface area contributed by atoms with Crippen molar-refractivity contribution in [3.05, 3.63) is 0 Å². The van der Waals surface area contributed by atoms with Crippen molar-refractivity contribution in [3.63, 3.8) is 0 Å². The molecule has 1 saturated heterocycles. The van der Waals surface area contributed by atoms with Crippen LogP contribution in [0.3, 0.4) is 0 Å². The third kappa shape index (κ3) is 0.591. The Morgan fingerprint density at radius 2 is 2.50 bits per heavy atom. The Bertz CT molecular complexity index is 110. The summed E-state index contributed by atoms with van der Waals surface area (Å²) in [5.41, 5.74) is 0. The highest BCUT2D eigenvalue weighted by atomic mass is 16.6. The summed E-state index contributed by atoms with van der Waals surface area (Å²) >= 11 is 0. The van der Waals surface area contributed by atoms with Crippen molar-refractivity contribution >= 4 is 5.97 Å². The molecule has 3 nitrogen and oxygen atoms in total. The number of cyclic esters (lactones) is 1. The van der Waals surface area contributed by atoms with E-state index in [1.807, 2.05) is 6.92 Å². The van der Waals surface area contributed by atoms with Gasteiger partial charge in [0.05, 0.1) is 0 Å². The van der Waals surface area contributed by atoms with Crippen LogP contribution >= 0.6 is 0 Å². The first kappa shape index (κ1) is 5.56. The summed E-state index contributed by atoms with van der Waals surface area (Å²) in [7, 11) is 0. The number of aliphatic hydroxyl groups is 1. The molecular weight excluding hydrogens is 108 g/mol. The van der Waals surface area contributed by atoms with E-state index in [9.17, 15) is 4.79 Å². The molecule has 0 spiro atoms. The van der Waals surface area contributed by atoms with Crippen LogP contribution in [-0.4, -0.2) is 23.3 Å². The molecule has 0 bridgehead atoms. The molecule has 2 atom stereocenters. The zero-order chi connectivity index (χ0) is 6.15. The fourth-order valence-corrected chi connectivity index (χ4v) is 0.669. The Morgan fingerprint density at radius 3 is 2.62 bits per heavy atom. The maximum Gasteiger partial charge on any atom is 0.339 e. The number of rotatable bonds is 1. The van der Waals surface area contributed by atoms with Crippen molar-refractivity contribution in [2.45, 2.75) is 25.6 Å². The standard InChI is InChI=1S/C5H8O3/c1-2-3-4(6)5(7)8-3/h3-4,6H,2H2,1H3. The molecule has 1 heterocycles. The molecule has 1 aliphatic rings. The SMILES string of the molecule is CCC1OC(=O)C1O. The topological polar surface area (TPSA) is 46.5 Å². The highest BCUT2D eigenvalue weighted by molar-refractivity contribution is 5.80. The van der Waals surface area contributed by atoms with Crippen molar-refractivity contribution in [2.75, 3.05) is 0 Å². The van der Waals surface area contributed by atoms with E-state index in [-0.39, 0.29) is 6.10 Å². The Labute approximate surface area is 47.3 Å². The molecule has 1 rings (SSSR count). The lowest BCUT2D eigenvalue weighted by molar-refractivity contribution is -0.197. The second-order valence-electron chi connectivity index (χ2n) is 1.83. The molecule has 3 heteroatoms. The summed E-state index contributed by atoms with van der Waals surface area (Å²) in [5, 5.41) is 8.70. The van der Waals surface area contributed by atoms with Gasteiger partial charge in [0.2, 0.25) is 0 Å². The monoisotopic (exact) mass is 116 g/mol. The van der Waals surface area contributed by atoms with Crippen LogP contribution in [0.4, 0.5) is 0 Å². The largest absolute Gasteiger partial charge is 0.457 e. The predicted octanol–water partition coefficient (Wildman–Crippen LogP) is -0.317. The van der Waals surface area contributed by atoms with Gasteiger partial charge in [-0.05, 0) is 6.42 Å². The van der Waals surface area contributed by atoms with E-state index in [0.29, 0.717) is 6.42 Å².